The number of carbonyl (C=O) groups is 3. The Hall–Kier alpha value is -1.41. The molecule has 1 N–H and O–H groups in total. The molecule has 0 radical (unpaired) electrons. The van der Waals surface area contributed by atoms with Gasteiger partial charge < -0.3 is 19.2 Å². The molecule has 0 aromatic heterocycles. The molecule has 0 rings (SSSR count). The van der Waals surface area contributed by atoms with Gasteiger partial charge in [0.2, 0.25) is 5.91 Å². The first-order valence-electron chi connectivity index (χ1n) is 8.02. The van der Waals surface area contributed by atoms with Crippen LogP contribution in [0.2, 0.25) is 18.1 Å². The smallest absolute Gasteiger partial charge is 0.328 e. The highest BCUT2D eigenvalue weighted by atomic mass is 28.4. The molecule has 0 heterocycles. The standard InChI is InChI=1S/C16H31NO6Si/c1-16(2,3)24(6,7)23-11-10-12(15(20)22-5)17-13(18)8-9-14(19)21-4/h12H,8-11H2,1-7H3,(H,17,18)/t12-/m0/s1. The van der Waals surface area contributed by atoms with Gasteiger partial charge in [-0.05, 0) is 18.1 Å². The first-order valence-corrected chi connectivity index (χ1v) is 10.9. The number of nitrogens with one attached hydrogen (secondary N) is 1. The lowest BCUT2D eigenvalue weighted by Crippen LogP contribution is -2.45. The van der Waals surface area contributed by atoms with Crippen molar-refractivity contribution in [2.24, 2.45) is 0 Å². The van der Waals surface area contributed by atoms with Gasteiger partial charge in [0, 0.05) is 19.4 Å². The van der Waals surface area contributed by atoms with Crippen LogP contribution in [-0.2, 0) is 28.3 Å². The van der Waals surface area contributed by atoms with Gasteiger partial charge in [-0.2, -0.15) is 0 Å². The molecule has 1 amide bonds. The number of hydrogen-bond acceptors (Lipinski definition) is 6. The third-order valence-electron chi connectivity index (χ3n) is 4.28. The molecule has 8 heteroatoms. The van der Waals surface area contributed by atoms with Gasteiger partial charge in [-0.3, -0.25) is 9.59 Å². The van der Waals surface area contributed by atoms with Crippen LogP contribution in [0.5, 0.6) is 0 Å². The molecule has 0 aliphatic rings. The average Bonchev–Trinajstić information content (AvgIpc) is 2.49. The molecule has 7 nitrogen and oxygen atoms in total. The van der Waals surface area contributed by atoms with Gasteiger partial charge in [0.25, 0.3) is 0 Å². The van der Waals surface area contributed by atoms with Gasteiger partial charge in [0.05, 0.1) is 20.6 Å². The Morgan fingerprint density at radius 2 is 1.62 bits per heavy atom. The highest BCUT2D eigenvalue weighted by Gasteiger charge is 2.37. The Balaban J connectivity index is 4.56. The molecule has 0 aromatic carbocycles. The van der Waals surface area contributed by atoms with Gasteiger partial charge >= 0.3 is 11.9 Å². The maximum absolute atomic E-state index is 11.9. The van der Waals surface area contributed by atoms with E-state index in [2.05, 4.69) is 43.9 Å². The minimum atomic E-state index is -1.92. The summed E-state index contributed by atoms with van der Waals surface area (Å²) in [6.07, 6.45) is 0.253. The van der Waals surface area contributed by atoms with E-state index in [9.17, 15) is 14.4 Å². The van der Waals surface area contributed by atoms with Crippen molar-refractivity contribution in [3.8, 4) is 0 Å². The fourth-order valence-corrected chi connectivity index (χ4v) is 2.68. The molecule has 0 aromatic rings. The minimum absolute atomic E-state index is 0.0311. The predicted molar refractivity (Wildman–Crippen MR) is 93.0 cm³/mol. The molecule has 0 saturated heterocycles. The van der Waals surface area contributed by atoms with E-state index >= 15 is 0 Å². The number of methoxy groups -OCH3 is 2. The fourth-order valence-electron chi connectivity index (χ4n) is 1.62. The van der Waals surface area contributed by atoms with Crippen LogP contribution >= 0.6 is 0 Å². The van der Waals surface area contributed by atoms with Crippen LogP contribution in [0.1, 0.15) is 40.0 Å². The van der Waals surface area contributed by atoms with E-state index in [0.717, 1.165) is 0 Å². The molecular formula is C16H31NO6Si. The molecule has 0 fully saturated rings. The third kappa shape index (κ3) is 7.92. The van der Waals surface area contributed by atoms with Crippen molar-refractivity contribution in [3.63, 3.8) is 0 Å². The van der Waals surface area contributed by atoms with E-state index in [1.807, 2.05) is 0 Å². The van der Waals surface area contributed by atoms with Gasteiger partial charge in [-0.1, -0.05) is 20.8 Å². The van der Waals surface area contributed by atoms with Gasteiger partial charge in [0.15, 0.2) is 8.32 Å². The van der Waals surface area contributed by atoms with E-state index in [1.54, 1.807) is 0 Å². The largest absolute Gasteiger partial charge is 0.469 e. The molecule has 0 aliphatic carbocycles. The Bertz CT molecular complexity index is 444. The van der Waals surface area contributed by atoms with Crippen LogP contribution in [0, 0.1) is 0 Å². The second-order valence-corrected chi connectivity index (χ2v) is 11.9. The van der Waals surface area contributed by atoms with Crippen LogP contribution in [0.15, 0.2) is 0 Å². The lowest BCUT2D eigenvalue weighted by molar-refractivity contribution is -0.145. The zero-order valence-electron chi connectivity index (χ0n) is 15.9. The van der Waals surface area contributed by atoms with Crippen LogP contribution in [0.3, 0.4) is 0 Å². The number of amides is 1. The Kier molecular flexibility index (Phi) is 9.20. The van der Waals surface area contributed by atoms with E-state index in [1.165, 1.54) is 14.2 Å². The molecule has 0 aliphatic heterocycles. The summed E-state index contributed by atoms with van der Waals surface area (Å²) in [6, 6.07) is -0.787. The van der Waals surface area contributed by atoms with Crippen molar-refractivity contribution in [2.75, 3.05) is 20.8 Å². The summed E-state index contributed by atoms with van der Waals surface area (Å²) in [5, 5.41) is 2.65. The lowest BCUT2D eigenvalue weighted by atomic mass is 10.2. The van der Waals surface area contributed by atoms with Crippen LogP contribution in [0.4, 0.5) is 0 Å². The summed E-state index contributed by atoms with van der Waals surface area (Å²) in [6.45, 7) is 11.0. The maximum atomic E-state index is 11.9. The van der Waals surface area contributed by atoms with Crippen LogP contribution in [0.25, 0.3) is 0 Å². The van der Waals surface area contributed by atoms with E-state index in [0.29, 0.717) is 13.0 Å². The lowest BCUT2D eigenvalue weighted by Gasteiger charge is -2.36. The Morgan fingerprint density at radius 3 is 2.08 bits per heavy atom. The Labute approximate surface area is 145 Å². The average molecular weight is 362 g/mol. The van der Waals surface area contributed by atoms with Crippen molar-refractivity contribution in [3.05, 3.63) is 0 Å². The van der Waals surface area contributed by atoms with Crippen molar-refractivity contribution >= 4 is 26.2 Å². The van der Waals surface area contributed by atoms with Crippen LogP contribution < -0.4 is 5.32 Å². The molecule has 0 bridgehead atoms. The summed E-state index contributed by atoms with van der Waals surface area (Å²) in [4.78, 5) is 34.7. The number of ether oxygens (including phenoxy) is 2. The summed E-state index contributed by atoms with van der Waals surface area (Å²) in [7, 11) is 0.610. The molecular weight excluding hydrogens is 330 g/mol. The van der Waals surface area contributed by atoms with E-state index in [-0.39, 0.29) is 17.9 Å². The molecule has 0 saturated carbocycles. The number of carbonyl (C=O) groups excluding carboxylic acids is 3. The second-order valence-electron chi connectivity index (χ2n) is 7.12. The van der Waals surface area contributed by atoms with Crippen LogP contribution in [-0.4, -0.2) is 53.0 Å². The molecule has 0 unspecified atom stereocenters. The zero-order chi connectivity index (χ0) is 19.0. The molecule has 140 valence electrons. The number of hydrogen-bond donors (Lipinski definition) is 1. The number of rotatable bonds is 9. The number of esters is 2. The molecule has 24 heavy (non-hydrogen) atoms. The third-order valence-corrected chi connectivity index (χ3v) is 8.82. The first kappa shape index (κ1) is 22.6. The predicted octanol–water partition coefficient (Wildman–Crippen LogP) is 2.01. The topological polar surface area (TPSA) is 90.9 Å². The SMILES string of the molecule is COC(=O)CCC(=O)N[C@@H](CCO[Si](C)(C)C(C)(C)C)C(=O)OC. The maximum Gasteiger partial charge on any atom is 0.328 e. The van der Waals surface area contributed by atoms with E-state index in [4.69, 9.17) is 9.16 Å². The van der Waals surface area contributed by atoms with Crippen molar-refractivity contribution in [1.82, 2.24) is 5.32 Å². The summed E-state index contributed by atoms with van der Waals surface area (Å²) in [5.41, 5.74) is 0. The van der Waals surface area contributed by atoms with Gasteiger partial charge in [0.1, 0.15) is 6.04 Å². The van der Waals surface area contributed by atoms with Crippen molar-refractivity contribution < 1.29 is 28.3 Å². The Morgan fingerprint density at radius 1 is 1.04 bits per heavy atom. The summed E-state index contributed by atoms with van der Waals surface area (Å²) >= 11 is 0. The van der Waals surface area contributed by atoms with E-state index < -0.39 is 32.2 Å². The normalized spacial score (nSPS) is 13.1. The van der Waals surface area contributed by atoms with Gasteiger partial charge in [-0.25, -0.2) is 4.79 Å². The molecule has 1 atom stereocenters. The second kappa shape index (κ2) is 9.78. The quantitative estimate of drug-likeness (QED) is 0.499. The minimum Gasteiger partial charge on any atom is -0.469 e. The van der Waals surface area contributed by atoms with Gasteiger partial charge in [-0.15, -0.1) is 0 Å². The highest BCUT2D eigenvalue weighted by molar-refractivity contribution is 6.74. The summed E-state index contributed by atoms with van der Waals surface area (Å²) < 4.78 is 15.2. The monoisotopic (exact) mass is 361 g/mol. The zero-order valence-corrected chi connectivity index (χ0v) is 16.9. The molecule has 0 spiro atoms. The summed E-state index contributed by atoms with van der Waals surface area (Å²) in [5.74, 6) is -1.40. The first-order chi connectivity index (χ1) is 10.9. The van der Waals surface area contributed by atoms with Crippen molar-refractivity contribution in [1.29, 1.82) is 0 Å². The fraction of sp³-hybridized carbons (Fsp3) is 0.812. The van der Waals surface area contributed by atoms with Crippen molar-refractivity contribution in [2.45, 2.75) is 64.2 Å². The highest BCUT2D eigenvalue weighted by Crippen LogP contribution is 2.36.